The van der Waals surface area contributed by atoms with Gasteiger partial charge in [0.25, 0.3) is 5.91 Å². The van der Waals surface area contributed by atoms with Crippen molar-refractivity contribution in [2.45, 2.75) is 6.18 Å². The summed E-state index contributed by atoms with van der Waals surface area (Å²) >= 11 is 0. The molecule has 1 aromatic heterocycles. The van der Waals surface area contributed by atoms with Gasteiger partial charge in [-0.3, -0.25) is 9.78 Å². The third kappa shape index (κ3) is 4.47. The Morgan fingerprint density at radius 2 is 1.68 bits per heavy atom. The number of nitrogens with zero attached hydrogens (tertiary/aromatic N) is 2. The number of carbonyl (C=O) groups excluding carboxylic acids is 1. The number of methoxy groups -OCH3 is 1. The molecule has 0 spiro atoms. The minimum Gasteiger partial charge on any atom is -0.496 e. The molecule has 2 aromatic carbocycles. The van der Waals surface area contributed by atoms with Crippen molar-refractivity contribution in [1.82, 2.24) is 4.98 Å². The second kappa shape index (κ2) is 8.29. The fourth-order valence-corrected chi connectivity index (χ4v) is 2.97. The summed E-state index contributed by atoms with van der Waals surface area (Å²) in [7, 11) is 2.46. The van der Waals surface area contributed by atoms with Crippen LogP contribution >= 0.6 is 0 Å². The standard InChI is InChI=1S/C21H14F6N2O2/c1-29(20(30)11-5-12(21(25,26)27)7-13(22)6-11)18-10-28-4-3-14(18)15-8-16(23)17(24)9-19(15)31-2/h3-10H,1-2H3. The van der Waals surface area contributed by atoms with Crippen LogP contribution in [0, 0.1) is 17.5 Å². The van der Waals surface area contributed by atoms with Crippen LogP contribution in [0.15, 0.2) is 48.8 Å². The number of benzene rings is 2. The van der Waals surface area contributed by atoms with Gasteiger partial charge >= 0.3 is 6.18 Å². The molecule has 0 unspecified atom stereocenters. The third-order valence-electron chi connectivity index (χ3n) is 4.47. The van der Waals surface area contributed by atoms with E-state index in [0.29, 0.717) is 12.1 Å². The first kappa shape index (κ1) is 22.1. The molecule has 1 heterocycles. The molecule has 0 fully saturated rings. The summed E-state index contributed by atoms with van der Waals surface area (Å²) < 4.78 is 85.2. The molecular weight excluding hydrogens is 426 g/mol. The fraction of sp³-hybridized carbons (Fsp3) is 0.143. The predicted octanol–water partition coefficient (Wildman–Crippen LogP) is 5.47. The Morgan fingerprint density at radius 1 is 1.00 bits per heavy atom. The average Bonchev–Trinajstić information content (AvgIpc) is 2.73. The van der Waals surface area contributed by atoms with Gasteiger partial charge in [-0.15, -0.1) is 0 Å². The Bertz CT molecular complexity index is 1150. The Balaban J connectivity index is 2.10. The monoisotopic (exact) mass is 440 g/mol. The van der Waals surface area contributed by atoms with Gasteiger partial charge in [0.1, 0.15) is 11.6 Å². The Kier molecular flexibility index (Phi) is 5.92. The summed E-state index contributed by atoms with van der Waals surface area (Å²) in [5, 5.41) is 0. The van der Waals surface area contributed by atoms with Crippen molar-refractivity contribution in [3.05, 3.63) is 77.4 Å². The smallest absolute Gasteiger partial charge is 0.416 e. The van der Waals surface area contributed by atoms with E-state index in [1.54, 1.807) is 0 Å². The number of aromatic nitrogens is 1. The second-order valence-electron chi connectivity index (χ2n) is 6.45. The van der Waals surface area contributed by atoms with Crippen molar-refractivity contribution in [1.29, 1.82) is 0 Å². The van der Waals surface area contributed by atoms with Crippen molar-refractivity contribution in [3.8, 4) is 16.9 Å². The highest BCUT2D eigenvalue weighted by molar-refractivity contribution is 6.08. The first-order valence-electron chi connectivity index (χ1n) is 8.66. The normalized spacial score (nSPS) is 11.4. The molecule has 0 saturated carbocycles. The summed E-state index contributed by atoms with van der Waals surface area (Å²) in [6, 6.07) is 4.53. The highest BCUT2D eigenvalue weighted by Crippen LogP contribution is 2.38. The molecule has 162 valence electrons. The van der Waals surface area contributed by atoms with Crippen molar-refractivity contribution in [3.63, 3.8) is 0 Å². The first-order chi connectivity index (χ1) is 14.5. The molecule has 0 bridgehead atoms. The van der Waals surface area contributed by atoms with Gasteiger partial charge in [-0.05, 0) is 30.3 Å². The topological polar surface area (TPSA) is 42.4 Å². The third-order valence-corrected chi connectivity index (χ3v) is 4.47. The molecule has 0 N–H and O–H groups in total. The molecule has 31 heavy (non-hydrogen) atoms. The van der Waals surface area contributed by atoms with E-state index in [2.05, 4.69) is 4.98 Å². The number of anilines is 1. The van der Waals surface area contributed by atoms with Crippen LogP contribution in [0.5, 0.6) is 5.75 Å². The molecule has 0 saturated heterocycles. The lowest BCUT2D eigenvalue weighted by atomic mass is 10.0. The average molecular weight is 440 g/mol. The van der Waals surface area contributed by atoms with Crippen LogP contribution in [0.1, 0.15) is 15.9 Å². The number of pyridine rings is 1. The zero-order valence-electron chi connectivity index (χ0n) is 16.1. The van der Waals surface area contributed by atoms with E-state index in [0.717, 1.165) is 17.0 Å². The van der Waals surface area contributed by atoms with Crippen LogP contribution in [0.3, 0.4) is 0 Å². The van der Waals surface area contributed by atoms with E-state index in [1.165, 1.54) is 32.6 Å². The molecule has 0 aliphatic heterocycles. The maximum absolute atomic E-state index is 13.9. The van der Waals surface area contributed by atoms with Crippen LogP contribution in [0.25, 0.3) is 11.1 Å². The van der Waals surface area contributed by atoms with E-state index in [-0.39, 0.29) is 28.6 Å². The number of halogens is 6. The summed E-state index contributed by atoms with van der Waals surface area (Å²) in [5.41, 5.74) is -1.56. The molecule has 0 atom stereocenters. The first-order valence-corrected chi connectivity index (χ1v) is 8.66. The lowest BCUT2D eigenvalue weighted by molar-refractivity contribution is -0.137. The zero-order chi connectivity index (χ0) is 22.9. The van der Waals surface area contributed by atoms with E-state index in [1.807, 2.05) is 0 Å². The SMILES string of the molecule is COc1cc(F)c(F)cc1-c1ccncc1N(C)C(=O)c1cc(F)cc(C(F)(F)F)c1. The predicted molar refractivity (Wildman–Crippen MR) is 100 cm³/mol. The van der Waals surface area contributed by atoms with Gasteiger partial charge in [0.2, 0.25) is 0 Å². The second-order valence-corrected chi connectivity index (χ2v) is 6.45. The van der Waals surface area contributed by atoms with Gasteiger partial charge in [-0.2, -0.15) is 13.2 Å². The van der Waals surface area contributed by atoms with Gasteiger partial charge < -0.3 is 9.64 Å². The van der Waals surface area contributed by atoms with Crippen LogP contribution in [-0.2, 0) is 6.18 Å². The Morgan fingerprint density at radius 3 is 2.32 bits per heavy atom. The quantitative estimate of drug-likeness (QED) is 0.506. The highest BCUT2D eigenvalue weighted by Gasteiger charge is 2.32. The zero-order valence-corrected chi connectivity index (χ0v) is 16.1. The van der Waals surface area contributed by atoms with Crippen molar-refractivity contribution >= 4 is 11.6 Å². The maximum atomic E-state index is 13.9. The van der Waals surface area contributed by atoms with Gasteiger partial charge in [-0.1, -0.05) is 0 Å². The fourth-order valence-electron chi connectivity index (χ4n) is 2.97. The van der Waals surface area contributed by atoms with E-state index in [4.69, 9.17) is 4.74 Å². The maximum Gasteiger partial charge on any atom is 0.416 e. The molecule has 0 aliphatic rings. The molecule has 0 radical (unpaired) electrons. The molecule has 1 amide bonds. The molecular formula is C21H14F6N2O2. The van der Waals surface area contributed by atoms with Crippen LogP contribution in [0.4, 0.5) is 32.0 Å². The summed E-state index contributed by atoms with van der Waals surface area (Å²) in [6.45, 7) is 0. The molecule has 0 aliphatic carbocycles. The number of hydrogen-bond acceptors (Lipinski definition) is 3. The largest absolute Gasteiger partial charge is 0.496 e. The Hall–Kier alpha value is -3.56. The highest BCUT2D eigenvalue weighted by atomic mass is 19.4. The van der Waals surface area contributed by atoms with Crippen molar-refractivity contribution in [2.75, 3.05) is 19.1 Å². The summed E-state index contributed by atoms with van der Waals surface area (Å²) in [4.78, 5) is 17.6. The van der Waals surface area contributed by atoms with Crippen molar-refractivity contribution < 1.29 is 35.9 Å². The molecule has 3 aromatic rings. The van der Waals surface area contributed by atoms with Crippen LogP contribution in [0.2, 0.25) is 0 Å². The number of alkyl halides is 3. The molecule has 3 rings (SSSR count). The van der Waals surface area contributed by atoms with Crippen LogP contribution in [-0.4, -0.2) is 25.0 Å². The number of rotatable bonds is 4. The number of hydrogen-bond donors (Lipinski definition) is 0. The molecule has 4 nitrogen and oxygen atoms in total. The number of carbonyl (C=O) groups is 1. The lowest BCUT2D eigenvalue weighted by Gasteiger charge is -2.22. The van der Waals surface area contributed by atoms with Crippen LogP contribution < -0.4 is 9.64 Å². The summed E-state index contributed by atoms with van der Waals surface area (Å²) in [5.74, 6) is -4.58. The van der Waals surface area contributed by atoms with Gasteiger partial charge in [0.15, 0.2) is 11.6 Å². The number of ether oxygens (including phenoxy) is 1. The number of amides is 1. The minimum absolute atomic E-state index is 0.0442. The minimum atomic E-state index is -4.85. The van der Waals surface area contributed by atoms with E-state index >= 15 is 0 Å². The van der Waals surface area contributed by atoms with E-state index in [9.17, 15) is 31.1 Å². The lowest BCUT2D eigenvalue weighted by Crippen LogP contribution is -2.27. The van der Waals surface area contributed by atoms with Gasteiger partial charge in [0.05, 0.1) is 24.6 Å². The van der Waals surface area contributed by atoms with E-state index < -0.39 is 40.7 Å². The van der Waals surface area contributed by atoms with Gasteiger partial charge in [-0.25, -0.2) is 13.2 Å². The Labute approximate surface area is 172 Å². The van der Waals surface area contributed by atoms with Crippen molar-refractivity contribution in [2.24, 2.45) is 0 Å². The molecule has 10 heteroatoms. The summed E-state index contributed by atoms with van der Waals surface area (Å²) in [6.07, 6.45) is -2.33. The van der Waals surface area contributed by atoms with Gasteiger partial charge in [0, 0.05) is 36.0 Å².